The van der Waals surface area contributed by atoms with Crippen molar-refractivity contribution >= 4 is 29.6 Å². The number of carboxylic acids is 1. The first-order chi connectivity index (χ1) is 13.8. The number of carboxylic acid groups (broad SMARTS) is 1. The van der Waals surface area contributed by atoms with E-state index in [1.54, 1.807) is 0 Å². The van der Waals surface area contributed by atoms with Gasteiger partial charge in [-0.05, 0) is 20.3 Å². The Bertz CT molecular complexity index is 641. The zero-order valence-electron chi connectivity index (χ0n) is 16.6. The number of carbonyl (C=O) groups excluding carboxylic acids is 4. The summed E-state index contributed by atoms with van der Waals surface area (Å²) in [6.45, 7) is 1.47. The smallest absolute Gasteiger partial charge is 0.328 e. The molecule has 30 heavy (non-hydrogen) atoms. The van der Waals surface area contributed by atoms with Crippen LogP contribution in [0.25, 0.3) is 0 Å². The highest BCUT2D eigenvalue weighted by Gasteiger charge is 2.32. The Morgan fingerprint density at radius 2 is 1.37 bits per heavy atom. The van der Waals surface area contributed by atoms with Crippen molar-refractivity contribution in [3.05, 3.63) is 0 Å². The van der Waals surface area contributed by atoms with Crippen LogP contribution in [0.4, 0.5) is 0 Å². The zero-order chi connectivity index (χ0) is 23.6. The van der Waals surface area contributed by atoms with Crippen LogP contribution < -0.4 is 27.4 Å². The molecule has 6 atom stereocenters. The van der Waals surface area contributed by atoms with Crippen molar-refractivity contribution in [3.8, 4) is 0 Å². The van der Waals surface area contributed by atoms with E-state index in [4.69, 9.17) is 16.6 Å². The largest absolute Gasteiger partial charge is 0.480 e. The lowest BCUT2D eigenvalue weighted by molar-refractivity contribution is -0.145. The van der Waals surface area contributed by atoms with Crippen LogP contribution in [0.5, 0.6) is 0 Å². The number of hydrogen-bond acceptors (Lipinski definition) is 9. The van der Waals surface area contributed by atoms with Crippen molar-refractivity contribution in [1.29, 1.82) is 0 Å². The van der Waals surface area contributed by atoms with Gasteiger partial charge in [-0.25, -0.2) is 4.79 Å². The van der Waals surface area contributed by atoms with E-state index in [1.807, 2.05) is 5.32 Å². The van der Waals surface area contributed by atoms with E-state index in [-0.39, 0.29) is 12.8 Å². The predicted molar refractivity (Wildman–Crippen MR) is 100 cm³/mol. The third-order valence-corrected chi connectivity index (χ3v) is 4.00. The number of aliphatic hydroxyl groups excluding tert-OH is 3. The summed E-state index contributed by atoms with van der Waals surface area (Å²) < 4.78 is 0. The van der Waals surface area contributed by atoms with E-state index in [9.17, 15) is 39.3 Å². The molecule has 0 saturated heterocycles. The van der Waals surface area contributed by atoms with Crippen molar-refractivity contribution in [2.75, 3.05) is 6.61 Å². The number of rotatable bonds is 13. The Balaban J connectivity index is 5.34. The van der Waals surface area contributed by atoms with Crippen LogP contribution in [-0.2, 0) is 24.0 Å². The number of amides is 4. The lowest BCUT2D eigenvalue weighted by atomic mass is 10.1. The summed E-state index contributed by atoms with van der Waals surface area (Å²) in [4.78, 5) is 58.8. The van der Waals surface area contributed by atoms with Gasteiger partial charge in [-0.1, -0.05) is 0 Å². The fraction of sp³-hybridized carbons (Fsp3) is 0.688. The van der Waals surface area contributed by atoms with Gasteiger partial charge in [-0.15, -0.1) is 0 Å². The summed E-state index contributed by atoms with van der Waals surface area (Å²) in [5, 5.41) is 43.5. The van der Waals surface area contributed by atoms with Crippen LogP contribution in [0.2, 0.25) is 0 Å². The van der Waals surface area contributed by atoms with Crippen molar-refractivity contribution < 1.29 is 44.4 Å². The first-order valence-corrected chi connectivity index (χ1v) is 8.96. The van der Waals surface area contributed by atoms with Crippen LogP contribution >= 0.6 is 0 Å². The number of aliphatic carboxylic acids is 1. The van der Waals surface area contributed by atoms with Gasteiger partial charge in [-0.2, -0.15) is 0 Å². The number of nitrogens with one attached hydrogen (secondary N) is 3. The second-order valence-electron chi connectivity index (χ2n) is 6.64. The van der Waals surface area contributed by atoms with Gasteiger partial charge in [0.2, 0.25) is 23.6 Å². The normalized spacial score (nSPS) is 16.9. The Labute approximate surface area is 172 Å². The van der Waals surface area contributed by atoms with E-state index < -0.39 is 72.6 Å². The summed E-state index contributed by atoms with van der Waals surface area (Å²) in [6, 6.07) is -6.11. The van der Waals surface area contributed by atoms with E-state index in [1.165, 1.54) is 6.92 Å². The number of primary amides is 1. The minimum absolute atomic E-state index is 0.321. The van der Waals surface area contributed by atoms with Crippen molar-refractivity contribution in [2.45, 2.75) is 63.1 Å². The third-order valence-electron chi connectivity index (χ3n) is 4.00. The van der Waals surface area contributed by atoms with Gasteiger partial charge in [0, 0.05) is 6.42 Å². The molecular formula is C16H29N5O9. The van der Waals surface area contributed by atoms with Crippen LogP contribution in [-0.4, -0.2) is 93.0 Å². The lowest BCUT2D eigenvalue weighted by Crippen LogP contribution is -2.59. The monoisotopic (exact) mass is 435 g/mol. The van der Waals surface area contributed by atoms with E-state index in [0.29, 0.717) is 0 Å². The molecule has 0 fully saturated rings. The van der Waals surface area contributed by atoms with Gasteiger partial charge < -0.3 is 47.8 Å². The van der Waals surface area contributed by atoms with Crippen LogP contribution in [0.1, 0.15) is 26.7 Å². The molecule has 0 spiro atoms. The third kappa shape index (κ3) is 9.13. The Kier molecular flexibility index (Phi) is 11.5. The van der Waals surface area contributed by atoms with Gasteiger partial charge in [0.1, 0.15) is 18.1 Å². The highest BCUT2D eigenvalue weighted by Crippen LogP contribution is 2.02. The van der Waals surface area contributed by atoms with Gasteiger partial charge in [0.25, 0.3) is 0 Å². The molecule has 0 aliphatic carbocycles. The molecule has 172 valence electrons. The topological polar surface area (TPSA) is 254 Å². The van der Waals surface area contributed by atoms with Gasteiger partial charge in [-0.3, -0.25) is 19.2 Å². The number of carbonyl (C=O) groups is 5. The average Bonchev–Trinajstić information content (AvgIpc) is 2.65. The summed E-state index contributed by atoms with van der Waals surface area (Å²) >= 11 is 0. The maximum atomic E-state index is 12.4. The molecule has 0 radical (unpaired) electrons. The first-order valence-electron chi connectivity index (χ1n) is 8.96. The predicted octanol–water partition coefficient (Wildman–Crippen LogP) is -5.13. The molecule has 6 unspecified atom stereocenters. The zero-order valence-corrected chi connectivity index (χ0v) is 16.6. The Hall–Kier alpha value is -2.81. The summed E-state index contributed by atoms with van der Waals surface area (Å²) in [5.74, 6) is -5.37. The molecule has 0 heterocycles. The van der Waals surface area contributed by atoms with E-state index in [0.717, 1.165) is 6.92 Å². The molecule has 0 aromatic heterocycles. The summed E-state index contributed by atoms with van der Waals surface area (Å²) in [7, 11) is 0. The molecule has 0 saturated carbocycles. The number of aliphatic hydroxyl groups is 3. The van der Waals surface area contributed by atoms with Crippen molar-refractivity contribution in [3.63, 3.8) is 0 Å². The molecule has 0 aliphatic rings. The second-order valence-corrected chi connectivity index (χ2v) is 6.64. The average molecular weight is 435 g/mol. The lowest BCUT2D eigenvalue weighted by Gasteiger charge is -2.25. The Morgan fingerprint density at radius 1 is 0.867 bits per heavy atom. The number of hydrogen-bond donors (Lipinski definition) is 9. The van der Waals surface area contributed by atoms with Gasteiger partial charge in [0.15, 0.2) is 6.04 Å². The molecule has 0 aromatic carbocycles. The minimum atomic E-state index is -1.69. The standard InChI is InChI=1S/C16H29N5O9/c1-6(23)11(18)15(28)20-9(5-22)14(27)19-8(3-4-10(17)25)13(26)21-12(7(2)24)16(29)30/h6-9,11-12,22-24H,3-5,18H2,1-2H3,(H2,17,25)(H,19,27)(H,20,28)(H,21,26)(H,29,30). The first kappa shape index (κ1) is 27.2. The molecule has 0 aromatic rings. The van der Waals surface area contributed by atoms with Gasteiger partial charge >= 0.3 is 5.97 Å². The molecular weight excluding hydrogens is 406 g/mol. The van der Waals surface area contributed by atoms with E-state index >= 15 is 0 Å². The summed E-state index contributed by atoms with van der Waals surface area (Å²) in [6.07, 6.45) is -3.38. The molecule has 4 amide bonds. The fourth-order valence-electron chi connectivity index (χ4n) is 2.15. The quantitative estimate of drug-likeness (QED) is 0.133. The second kappa shape index (κ2) is 12.7. The van der Waals surface area contributed by atoms with Crippen molar-refractivity contribution in [2.24, 2.45) is 11.5 Å². The molecule has 14 heteroatoms. The highest BCUT2D eigenvalue weighted by molar-refractivity contribution is 5.94. The highest BCUT2D eigenvalue weighted by atomic mass is 16.4. The molecule has 14 nitrogen and oxygen atoms in total. The van der Waals surface area contributed by atoms with E-state index in [2.05, 4.69) is 10.6 Å². The fourth-order valence-corrected chi connectivity index (χ4v) is 2.15. The maximum Gasteiger partial charge on any atom is 0.328 e. The SMILES string of the molecule is CC(O)C(N)C(=O)NC(CO)C(=O)NC(CCC(N)=O)C(=O)NC(C(=O)O)C(C)O. The minimum Gasteiger partial charge on any atom is -0.480 e. The Morgan fingerprint density at radius 3 is 1.77 bits per heavy atom. The van der Waals surface area contributed by atoms with Crippen LogP contribution in [0.15, 0.2) is 0 Å². The molecule has 11 N–H and O–H groups in total. The summed E-state index contributed by atoms with van der Waals surface area (Å²) in [5.41, 5.74) is 10.5. The molecule has 0 rings (SSSR count). The molecule has 0 bridgehead atoms. The van der Waals surface area contributed by atoms with Crippen LogP contribution in [0.3, 0.4) is 0 Å². The molecule has 0 aliphatic heterocycles. The maximum absolute atomic E-state index is 12.4. The van der Waals surface area contributed by atoms with Crippen LogP contribution in [0, 0.1) is 0 Å². The van der Waals surface area contributed by atoms with Gasteiger partial charge in [0.05, 0.1) is 18.8 Å². The van der Waals surface area contributed by atoms with Crippen molar-refractivity contribution in [1.82, 2.24) is 16.0 Å². The number of nitrogens with two attached hydrogens (primary N) is 2.